The van der Waals surface area contributed by atoms with Gasteiger partial charge in [0.2, 0.25) is 6.41 Å². The van der Waals surface area contributed by atoms with Gasteiger partial charge in [0.05, 0.1) is 17.9 Å². The van der Waals surface area contributed by atoms with Crippen LogP contribution in [-0.2, 0) is 11.0 Å². The van der Waals surface area contributed by atoms with Crippen molar-refractivity contribution in [3.05, 3.63) is 46.5 Å². The third kappa shape index (κ3) is 5.38. The number of aliphatic imine (C=N–C) groups is 1. The fraction of sp³-hybridized carbons (Fsp3) is 0.429. The number of carbonyl (C=O) groups excluding carboxylic acids is 1. The summed E-state index contributed by atoms with van der Waals surface area (Å²) in [5, 5.41) is 5.03. The smallest absolute Gasteiger partial charge is 0.420 e. The summed E-state index contributed by atoms with van der Waals surface area (Å²) in [5.74, 6) is -0.220. The maximum atomic E-state index is 13.6. The molecule has 0 fully saturated rings. The zero-order chi connectivity index (χ0) is 21.6. The first-order valence-electron chi connectivity index (χ1n) is 9.84. The van der Waals surface area contributed by atoms with E-state index in [9.17, 15) is 18.0 Å². The molecule has 0 aromatic heterocycles. The predicted molar refractivity (Wildman–Crippen MR) is 114 cm³/mol. The molecule has 1 unspecified atom stereocenters. The molecule has 2 aliphatic heterocycles. The Morgan fingerprint density at radius 2 is 2.20 bits per heavy atom. The van der Waals surface area contributed by atoms with Crippen molar-refractivity contribution in [1.82, 2.24) is 5.32 Å². The molecule has 1 N–H and O–H groups in total. The molecule has 0 saturated carbocycles. The standard InChI is InChI=1S/C21H24F3N3O2S/c1-2-3-4-10-29-19-8-7-16(11-17(19)21(22,23)24)27(14-28)20-26-18(13-30-20)15-6-5-9-25-12-15/h6-8,11-14,20,26H,2-5,9-10H2,1H3. The minimum Gasteiger partial charge on any atom is -0.493 e. The molecule has 1 aromatic rings. The molecule has 0 bridgehead atoms. The highest BCUT2D eigenvalue weighted by molar-refractivity contribution is 8.03. The van der Waals surface area contributed by atoms with Gasteiger partial charge in [-0.15, -0.1) is 0 Å². The van der Waals surface area contributed by atoms with Gasteiger partial charge in [-0.3, -0.25) is 14.7 Å². The van der Waals surface area contributed by atoms with Gasteiger partial charge in [-0.05, 0) is 36.4 Å². The number of anilines is 1. The molecule has 2 aliphatic rings. The summed E-state index contributed by atoms with van der Waals surface area (Å²) >= 11 is 1.32. The van der Waals surface area contributed by atoms with Crippen LogP contribution in [0.4, 0.5) is 18.9 Å². The van der Waals surface area contributed by atoms with Crippen LogP contribution in [0, 0.1) is 0 Å². The van der Waals surface area contributed by atoms with Crippen LogP contribution in [0.25, 0.3) is 0 Å². The number of hydrogen-bond donors (Lipinski definition) is 1. The molecule has 3 rings (SSSR count). The summed E-state index contributed by atoms with van der Waals surface area (Å²) < 4.78 is 46.2. The SMILES string of the molecule is CCCCCOc1ccc(N(C=O)C2NC(C3=CCCN=C3)=CS2)cc1C(F)(F)F. The van der Waals surface area contributed by atoms with Crippen molar-refractivity contribution in [1.29, 1.82) is 0 Å². The van der Waals surface area contributed by atoms with E-state index in [4.69, 9.17) is 4.74 Å². The van der Waals surface area contributed by atoms with Crippen molar-refractivity contribution in [3.8, 4) is 5.75 Å². The van der Waals surface area contributed by atoms with Crippen molar-refractivity contribution in [2.45, 2.75) is 44.3 Å². The largest absolute Gasteiger partial charge is 0.493 e. The Kier molecular flexibility index (Phi) is 7.47. The lowest BCUT2D eigenvalue weighted by Crippen LogP contribution is -2.40. The van der Waals surface area contributed by atoms with E-state index in [1.165, 1.54) is 28.8 Å². The zero-order valence-electron chi connectivity index (χ0n) is 16.6. The van der Waals surface area contributed by atoms with Crippen LogP contribution in [0.3, 0.4) is 0 Å². The first kappa shape index (κ1) is 22.3. The summed E-state index contributed by atoms with van der Waals surface area (Å²) in [6.07, 6.45) is 3.08. The fourth-order valence-electron chi connectivity index (χ4n) is 3.12. The number of amides is 1. The first-order valence-corrected chi connectivity index (χ1v) is 10.8. The number of dihydropyridines is 1. The van der Waals surface area contributed by atoms with Crippen molar-refractivity contribution >= 4 is 30.1 Å². The van der Waals surface area contributed by atoms with E-state index < -0.39 is 17.2 Å². The van der Waals surface area contributed by atoms with Crippen LogP contribution < -0.4 is 15.0 Å². The van der Waals surface area contributed by atoms with Crippen LogP contribution in [0.1, 0.15) is 38.2 Å². The number of alkyl halides is 3. The third-order valence-corrected chi connectivity index (χ3v) is 5.67. The van der Waals surface area contributed by atoms with Gasteiger partial charge < -0.3 is 10.1 Å². The number of benzene rings is 1. The second kappa shape index (κ2) is 10.1. The third-order valence-electron chi connectivity index (χ3n) is 4.70. The average Bonchev–Trinajstić information content (AvgIpc) is 3.22. The van der Waals surface area contributed by atoms with E-state index >= 15 is 0 Å². The number of unbranched alkanes of at least 4 members (excludes halogenated alkanes) is 2. The van der Waals surface area contributed by atoms with E-state index in [0.717, 1.165) is 43.1 Å². The summed E-state index contributed by atoms with van der Waals surface area (Å²) in [5.41, 5.74) is 0.415. The number of hydrogen-bond acceptors (Lipinski definition) is 5. The van der Waals surface area contributed by atoms with Crippen LogP contribution in [0.2, 0.25) is 0 Å². The Hall–Kier alpha value is -2.42. The monoisotopic (exact) mass is 439 g/mol. The quantitative estimate of drug-likeness (QED) is 0.430. The van der Waals surface area contributed by atoms with E-state index in [-0.39, 0.29) is 18.0 Å². The lowest BCUT2D eigenvalue weighted by Gasteiger charge is -2.26. The van der Waals surface area contributed by atoms with Crippen molar-refractivity contribution in [3.63, 3.8) is 0 Å². The summed E-state index contributed by atoms with van der Waals surface area (Å²) in [7, 11) is 0. The number of thioether (sulfide) groups is 1. The van der Waals surface area contributed by atoms with Crippen LogP contribution >= 0.6 is 11.8 Å². The lowest BCUT2D eigenvalue weighted by molar-refractivity contribution is -0.139. The van der Waals surface area contributed by atoms with Gasteiger partial charge in [0, 0.05) is 24.0 Å². The number of allylic oxidation sites excluding steroid dienone is 1. The van der Waals surface area contributed by atoms with Crippen molar-refractivity contribution in [2.75, 3.05) is 18.1 Å². The highest BCUT2D eigenvalue weighted by Gasteiger charge is 2.36. The van der Waals surface area contributed by atoms with Crippen molar-refractivity contribution in [2.24, 2.45) is 4.99 Å². The molecule has 1 amide bonds. The molecule has 1 atom stereocenters. The maximum absolute atomic E-state index is 13.6. The molecule has 30 heavy (non-hydrogen) atoms. The molecule has 0 aliphatic carbocycles. The maximum Gasteiger partial charge on any atom is 0.420 e. The molecule has 0 spiro atoms. The molecule has 1 aromatic carbocycles. The van der Waals surface area contributed by atoms with Gasteiger partial charge in [-0.25, -0.2) is 0 Å². The van der Waals surface area contributed by atoms with Gasteiger partial charge >= 0.3 is 6.18 Å². The topological polar surface area (TPSA) is 53.9 Å². The Bertz CT molecular complexity index is 852. The fourth-order valence-corrected chi connectivity index (χ4v) is 4.09. The predicted octanol–water partition coefficient (Wildman–Crippen LogP) is 5.10. The highest BCUT2D eigenvalue weighted by atomic mass is 32.2. The molecule has 5 nitrogen and oxygen atoms in total. The van der Waals surface area contributed by atoms with E-state index in [1.54, 1.807) is 6.21 Å². The molecular formula is C21H24F3N3O2S. The van der Waals surface area contributed by atoms with E-state index in [1.807, 2.05) is 18.4 Å². The van der Waals surface area contributed by atoms with Crippen LogP contribution in [-0.4, -0.2) is 31.3 Å². The number of nitrogens with zero attached hydrogens (tertiary/aromatic N) is 2. The molecule has 162 valence electrons. The van der Waals surface area contributed by atoms with E-state index in [0.29, 0.717) is 12.8 Å². The van der Waals surface area contributed by atoms with Crippen LogP contribution in [0.15, 0.2) is 45.9 Å². The molecule has 2 heterocycles. The minimum atomic E-state index is -4.59. The second-order valence-electron chi connectivity index (χ2n) is 6.89. The number of nitrogens with one attached hydrogen (secondary N) is 1. The summed E-state index contributed by atoms with van der Waals surface area (Å²) in [4.78, 5) is 17.2. The zero-order valence-corrected chi connectivity index (χ0v) is 17.4. The van der Waals surface area contributed by atoms with Gasteiger partial charge in [0.25, 0.3) is 0 Å². The molecular weight excluding hydrogens is 415 g/mol. The minimum absolute atomic E-state index is 0.143. The van der Waals surface area contributed by atoms with Gasteiger partial charge in [0.15, 0.2) is 5.50 Å². The molecule has 9 heteroatoms. The van der Waals surface area contributed by atoms with E-state index in [2.05, 4.69) is 10.3 Å². The normalized spacial score (nSPS) is 18.5. The Morgan fingerprint density at radius 3 is 2.87 bits per heavy atom. The molecule has 0 radical (unpaired) electrons. The number of ether oxygens (including phenoxy) is 1. The van der Waals surface area contributed by atoms with Gasteiger partial charge in [-0.2, -0.15) is 13.2 Å². The average molecular weight is 440 g/mol. The van der Waals surface area contributed by atoms with Crippen LogP contribution in [0.5, 0.6) is 5.75 Å². The Balaban J connectivity index is 1.77. The number of rotatable bonds is 9. The Labute approximate surface area is 178 Å². The Morgan fingerprint density at radius 1 is 1.37 bits per heavy atom. The summed E-state index contributed by atoms with van der Waals surface area (Å²) in [6, 6.07) is 3.72. The highest BCUT2D eigenvalue weighted by Crippen LogP contribution is 2.40. The first-order chi connectivity index (χ1) is 14.4. The number of carbonyl (C=O) groups is 1. The van der Waals surface area contributed by atoms with Gasteiger partial charge in [-0.1, -0.05) is 37.6 Å². The lowest BCUT2D eigenvalue weighted by atomic mass is 10.1. The summed E-state index contributed by atoms with van der Waals surface area (Å²) in [6.45, 7) is 2.97. The van der Waals surface area contributed by atoms with Gasteiger partial charge in [0.1, 0.15) is 5.75 Å². The second-order valence-corrected chi connectivity index (χ2v) is 7.85. The number of halogens is 3. The van der Waals surface area contributed by atoms with Crippen molar-refractivity contribution < 1.29 is 22.7 Å². The molecule has 0 saturated heterocycles.